The minimum atomic E-state index is -3.96. The molecule has 0 bridgehead atoms. The van der Waals surface area contributed by atoms with E-state index in [1.54, 1.807) is 37.5 Å². The van der Waals surface area contributed by atoms with Gasteiger partial charge in [0.15, 0.2) is 0 Å². The third-order valence-corrected chi connectivity index (χ3v) is 6.61. The lowest BCUT2D eigenvalue weighted by molar-refractivity contribution is 0.102. The summed E-state index contributed by atoms with van der Waals surface area (Å²) < 4.78 is 41.1. The topological polar surface area (TPSA) is 88.2 Å². The summed E-state index contributed by atoms with van der Waals surface area (Å²) in [6.45, 7) is 1.73. The highest BCUT2D eigenvalue weighted by atomic mass is 32.2. The summed E-state index contributed by atoms with van der Waals surface area (Å²) in [5, 5.41) is 2.82. The Labute approximate surface area is 197 Å². The van der Waals surface area contributed by atoms with Gasteiger partial charge in [-0.3, -0.25) is 14.5 Å². The third kappa shape index (κ3) is 5.65. The van der Waals surface area contributed by atoms with Crippen LogP contribution >= 0.6 is 0 Å². The van der Waals surface area contributed by atoms with Crippen LogP contribution in [0, 0.1) is 12.7 Å². The molecule has 1 amide bonds. The summed E-state index contributed by atoms with van der Waals surface area (Å²) in [7, 11) is -3.96. The van der Waals surface area contributed by atoms with Gasteiger partial charge in [0, 0.05) is 29.3 Å². The highest BCUT2D eigenvalue weighted by Crippen LogP contribution is 2.21. The monoisotopic (exact) mass is 475 g/mol. The zero-order valence-electron chi connectivity index (χ0n) is 18.3. The molecule has 6 nitrogen and oxygen atoms in total. The molecular weight excluding hydrogens is 453 g/mol. The van der Waals surface area contributed by atoms with Crippen LogP contribution in [0.1, 0.15) is 27.0 Å². The molecule has 3 aromatic carbocycles. The third-order valence-electron chi connectivity index (χ3n) is 5.23. The summed E-state index contributed by atoms with van der Waals surface area (Å²) in [6.07, 6.45) is 4.24. The molecule has 34 heavy (non-hydrogen) atoms. The number of hydrogen-bond donors (Lipinski definition) is 2. The van der Waals surface area contributed by atoms with Crippen molar-refractivity contribution in [2.24, 2.45) is 0 Å². The van der Waals surface area contributed by atoms with E-state index >= 15 is 0 Å². The maximum Gasteiger partial charge on any atom is 0.261 e. The fraction of sp³-hybridized carbons (Fsp3) is 0.0769. The molecule has 0 saturated carbocycles. The molecule has 8 heteroatoms. The van der Waals surface area contributed by atoms with E-state index < -0.39 is 21.7 Å². The first kappa shape index (κ1) is 23.1. The molecule has 0 fully saturated rings. The zero-order valence-corrected chi connectivity index (χ0v) is 19.1. The molecule has 0 atom stereocenters. The molecule has 0 aliphatic carbocycles. The lowest BCUT2D eigenvalue weighted by Crippen LogP contribution is -2.17. The number of benzene rings is 3. The number of carbonyl (C=O) groups is 1. The molecule has 0 aliphatic rings. The molecule has 1 heterocycles. The average Bonchev–Trinajstić information content (AvgIpc) is 2.82. The van der Waals surface area contributed by atoms with E-state index in [1.165, 1.54) is 24.3 Å². The Morgan fingerprint density at radius 1 is 0.853 bits per heavy atom. The van der Waals surface area contributed by atoms with E-state index in [0.29, 0.717) is 11.3 Å². The Bertz CT molecular complexity index is 1410. The molecule has 172 valence electrons. The number of rotatable bonds is 7. The number of halogens is 1. The normalized spacial score (nSPS) is 11.1. The minimum absolute atomic E-state index is 0.0692. The van der Waals surface area contributed by atoms with Crippen LogP contribution in [0.15, 0.2) is 96.2 Å². The second kappa shape index (κ2) is 9.84. The molecule has 4 aromatic rings. The van der Waals surface area contributed by atoms with Gasteiger partial charge in [0.1, 0.15) is 5.82 Å². The fourth-order valence-corrected chi connectivity index (χ4v) is 4.47. The Kier molecular flexibility index (Phi) is 6.70. The summed E-state index contributed by atoms with van der Waals surface area (Å²) in [4.78, 5) is 16.9. The first-order valence-corrected chi connectivity index (χ1v) is 12.0. The predicted molar refractivity (Wildman–Crippen MR) is 130 cm³/mol. The molecular formula is C26H22FN3O3S. The van der Waals surface area contributed by atoms with Gasteiger partial charge in [0.2, 0.25) is 0 Å². The maximum absolute atomic E-state index is 13.1. The Balaban J connectivity index is 1.49. The van der Waals surface area contributed by atoms with Gasteiger partial charge in [-0.2, -0.15) is 0 Å². The number of anilines is 2. The molecule has 0 saturated heterocycles. The van der Waals surface area contributed by atoms with Crippen LogP contribution in [0.3, 0.4) is 0 Å². The molecule has 0 spiro atoms. The highest BCUT2D eigenvalue weighted by molar-refractivity contribution is 7.92. The van der Waals surface area contributed by atoms with Gasteiger partial charge in [0.25, 0.3) is 15.9 Å². The molecule has 0 unspecified atom stereocenters. The minimum Gasteiger partial charge on any atom is -0.322 e. The Morgan fingerprint density at radius 3 is 2.15 bits per heavy atom. The van der Waals surface area contributed by atoms with Crippen LogP contribution < -0.4 is 10.0 Å². The van der Waals surface area contributed by atoms with E-state index in [9.17, 15) is 17.6 Å². The number of sulfonamides is 1. The molecule has 2 N–H and O–H groups in total. The van der Waals surface area contributed by atoms with Crippen molar-refractivity contribution in [3.63, 3.8) is 0 Å². The highest BCUT2D eigenvalue weighted by Gasteiger charge is 2.18. The van der Waals surface area contributed by atoms with Crippen molar-refractivity contribution < 1.29 is 17.6 Å². The number of nitrogens with zero attached hydrogens (tertiary/aromatic N) is 1. The number of amides is 1. The van der Waals surface area contributed by atoms with E-state index in [1.807, 2.05) is 24.3 Å². The van der Waals surface area contributed by atoms with Gasteiger partial charge in [0.05, 0.1) is 4.90 Å². The van der Waals surface area contributed by atoms with Crippen molar-refractivity contribution in [1.82, 2.24) is 4.98 Å². The van der Waals surface area contributed by atoms with Crippen LogP contribution in [0.4, 0.5) is 15.8 Å². The van der Waals surface area contributed by atoms with Gasteiger partial charge >= 0.3 is 0 Å². The lowest BCUT2D eigenvalue weighted by atomic mass is 10.1. The number of aryl methyl sites for hydroxylation is 1. The largest absolute Gasteiger partial charge is 0.322 e. The summed E-state index contributed by atoms with van der Waals surface area (Å²) in [5.41, 5.74) is 3.91. The smallest absolute Gasteiger partial charge is 0.261 e. The summed E-state index contributed by atoms with van der Waals surface area (Å²) >= 11 is 0. The first-order valence-electron chi connectivity index (χ1n) is 10.5. The van der Waals surface area contributed by atoms with Gasteiger partial charge in [-0.15, -0.1) is 0 Å². The van der Waals surface area contributed by atoms with Crippen molar-refractivity contribution in [2.75, 3.05) is 10.0 Å². The number of hydrogen-bond acceptors (Lipinski definition) is 4. The van der Waals surface area contributed by atoms with Gasteiger partial charge in [-0.05, 0) is 90.7 Å². The molecule has 4 rings (SSSR count). The quantitative estimate of drug-likeness (QED) is 0.386. The second-order valence-electron chi connectivity index (χ2n) is 7.77. The van der Waals surface area contributed by atoms with Crippen molar-refractivity contribution in [1.29, 1.82) is 0 Å². The maximum atomic E-state index is 13.1. The van der Waals surface area contributed by atoms with Crippen LogP contribution in [0.5, 0.6) is 0 Å². The van der Waals surface area contributed by atoms with E-state index in [4.69, 9.17) is 0 Å². The Hall–Kier alpha value is -4.04. The SMILES string of the molecule is Cc1ccc(S(=O)(=O)Nc2ccc(F)cc2)cc1C(=O)Nc1ccc(Cc2ccncc2)cc1. The van der Waals surface area contributed by atoms with E-state index in [2.05, 4.69) is 15.0 Å². The number of carbonyl (C=O) groups excluding carboxylic acids is 1. The van der Waals surface area contributed by atoms with Crippen LogP contribution in [-0.4, -0.2) is 19.3 Å². The van der Waals surface area contributed by atoms with Gasteiger partial charge in [-0.1, -0.05) is 18.2 Å². The number of nitrogens with one attached hydrogen (secondary N) is 2. The standard InChI is InChI=1S/C26H22FN3O3S/c1-18-2-11-24(34(32,33)30-23-9-5-21(27)6-10-23)17-25(18)26(31)29-22-7-3-19(4-8-22)16-20-12-14-28-15-13-20/h2-15,17,30H,16H2,1H3,(H,29,31). The lowest BCUT2D eigenvalue weighted by Gasteiger charge is -2.12. The predicted octanol–water partition coefficient (Wildman–Crippen LogP) is 5.17. The summed E-state index contributed by atoms with van der Waals surface area (Å²) in [5.74, 6) is -0.888. The Morgan fingerprint density at radius 2 is 1.47 bits per heavy atom. The van der Waals surface area contributed by atoms with Gasteiger partial charge < -0.3 is 5.32 Å². The van der Waals surface area contributed by atoms with Crippen LogP contribution in [-0.2, 0) is 16.4 Å². The van der Waals surface area contributed by atoms with Crippen LogP contribution in [0.25, 0.3) is 0 Å². The average molecular weight is 476 g/mol. The van der Waals surface area contributed by atoms with E-state index in [0.717, 1.165) is 29.7 Å². The number of aromatic nitrogens is 1. The van der Waals surface area contributed by atoms with Crippen molar-refractivity contribution in [3.05, 3.63) is 119 Å². The molecule has 0 aliphatic heterocycles. The molecule has 0 radical (unpaired) electrons. The summed E-state index contributed by atoms with van der Waals surface area (Å²) in [6, 6.07) is 20.7. The van der Waals surface area contributed by atoms with Crippen molar-refractivity contribution >= 4 is 27.3 Å². The second-order valence-corrected chi connectivity index (χ2v) is 9.45. The van der Waals surface area contributed by atoms with Gasteiger partial charge in [-0.25, -0.2) is 12.8 Å². The first-order chi connectivity index (χ1) is 16.3. The van der Waals surface area contributed by atoms with Crippen molar-refractivity contribution in [2.45, 2.75) is 18.2 Å². The fourth-order valence-electron chi connectivity index (χ4n) is 3.39. The molecule has 1 aromatic heterocycles. The number of pyridine rings is 1. The van der Waals surface area contributed by atoms with E-state index in [-0.39, 0.29) is 16.1 Å². The zero-order chi connectivity index (χ0) is 24.1. The van der Waals surface area contributed by atoms with Crippen molar-refractivity contribution in [3.8, 4) is 0 Å². The van der Waals surface area contributed by atoms with Crippen LogP contribution in [0.2, 0.25) is 0 Å².